The number of para-hydroxylation sites is 1. The molecule has 0 unspecified atom stereocenters. The number of aryl methyl sites for hydroxylation is 1. The predicted octanol–water partition coefficient (Wildman–Crippen LogP) is 3.66. The van der Waals surface area contributed by atoms with Crippen LogP contribution < -0.4 is 15.4 Å². The van der Waals surface area contributed by atoms with Crippen LogP contribution in [0.25, 0.3) is 10.2 Å². The third-order valence-electron chi connectivity index (χ3n) is 3.85. The summed E-state index contributed by atoms with van der Waals surface area (Å²) in [7, 11) is 1.66. The lowest BCUT2D eigenvalue weighted by atomic mass is 10.1. The van der Waals surface area contributed by atoms with Gasteiger partial charge in [-0.1, -0.05) is 29.8 Å². The topological polar surface area (TPSA) is 63.2 Å². The SMILES string of the molecule is COc1ccc(C)cc1CCNC(=O)NCc1nc2ccccc2s1. The zero-order chi connectivity index (χ0) is 17.6. The van der Waals surface area contributed by atoms with Gasteiger partial charge < -0.3 is 15.4 Å². The second-order valence-electron chi connectivity index (χ2n) is 5.75. The van der Waals surface area contributed by atoms with E-state index in [9.17, 15) is 4.79 Å². The molecule has 2 amide bonds. The molecule has 3 aromatic rings. The minimum atomic E-state index is -0.189. The number of amides is 2. The minimum Gasteiger partial charge on any atom is -0.496 e. The van der Waals surface area contributed by atoms with E-state index in [4.69, 9.17) is 4.74 Å². The van der Waals surface area contributed by atoms with Gasteiger partial charge >= 0.3 is 6.03 Å². The van der Waals surface area contributed by atoms with E-state index in [-0.39, 0.29) is 6.03 Å². The third kappa shape index (κ3) is 4.48. The quantitative estimate of drug-likeness (QED) is 0.709. The molecule has 1 heterocycles. The normalized spacial score (nSPS) is 10.6. The second kappa shape index (κ2) is 7.98. The summed E-state index contributed by atoms with van der Waals surface area (Å²) in [5.41, 5.74) is 3.24. The van der Waals surface area contributed by atoms with Crippen LogP contribution in [0.4, 0.5) is 4.79 Å². The van der Waals surface area contributed by atoms with Crippen LogP contribution in [-0.2, 0) is 13.0 Å². The molecule has 0 aliphatic heterocycles. The maximum Gasteiger partial charge on any atom is 0.315 e. The number of thiazole rings is 1. The number of urea groups is 1. The van der Waals surface area contributed by atoms with Crippen molar-refractivity contribution in [3.63, 3.8) is 0 Å². The van der Waals surface area contributed by atoms with Crippen molar-refractivity contribution >= 4 is 27.6 Å². The van der Waals surface area contributed by atoms with Gasteiger partial charge in [0.1, 0.15) is 10.8 Å². The first-order chi connectivity index (χ1) is 12.2. The summed E-state index contributed by atoms with van der Waals surface area (Å²) in [5.74, 6) is 0.849. The summed E-state index contributed by atoms with van der Waals surface area (Å²) in [4.78, 5) is 16.5. The lowest BCUT2D eigenvalue weighted by molar-refractivity contribution is 0.240. The number of benzene rings is 2. The van der Waals surface area contributed by atoms with Crippen molar-refractivity contribution in [3.8, 4) is 5.75 Å². The number of hydrogen-bond acceptors (Lipinski definition) is 4. The second-order valence-corrected chi connectivity index (χ2v) is 6.87. The summed E-state index contributed by atoms with van der Waals surface area (Å²) in [6.45, 7) is 3.02. The molecular formula is C19H21N3O2S. The Kier molecular flexibility index (Phi) is 5.50. The molecular weight excluding hydrogens is 334 g/mol. The van der Waals surface area contributed by atoms with Crippen molar-refractivity contribution in [2.24, 2.45) is 0 Å². The summed E-state index contributed by atoms with van der Waals surface area (Å²) in [5, 5.41) is 6.63. The molecule has 3 rings (SSSR count). The highest BCUT2D eigenvalue weighted by Gasteiger charge is 2.07. The number of carbonyl (C=O) groups excluding carboxylic acids is 1. The van der Waals surface area contributed by atoms with Crippen molar-refractivity contribution < 1.29 is 9.53 Å². The molecule has 25 heavy (non-hydrogen) atoms. The molecule has 0 atom stereocenters. The summed E-state index contributed by atoms with van der Waals surface area (Å²) in [6.07, 6.45) is 0.722. The van der Waals surface area contributed by atoms with Gasteiger partial charge in [0, 0.05) is 6.54 Å². The van der Waals surface area contributed by atoms with Crippen LogP contribution in [0.15, 0.2) is 42.5 Å². The van der Waals surface area contributed by atoms with Crippen molar-refractivity contribution in [3.05, 3.63) is 58.6 Å². The molecule has 0 spiro atoms. The monoisotopic (exact) mass is 355 g/mol. The predicted molar refractivity (Wildman–Crippen MR) is 101 cm³/mol. The Labute approximate surface area is 151 Å². The Morgan fingerprint density at radius 1 is 1.20 bits per heavy atom. The number of fused-ring (bicyclic) bond motifs is 1. The van der Waals surface area contributed by atoms with Crippen molar-refractivity contribution in [1.29, 1.82) is 0 Å². The van der Waals surface area contributed by atoms with Crippen LogP contribution in [0.5, 0.6) is 5.75 Å². The Morgan fingerprint density at radius 3 is 2.84 bits per heavy atom. The summed E-state index contributed by atoms with van der Waals surface area (Å²) >= 11 is 1.60. The fourth-order valence-corrected chi connectivity index (χ4v) is 3.53. The number of aromatic nitrogens is 1. The first-order valence-electron chi connectivity index (χ1n) is 8.15. The molecule has 2 aromatic carbocycles. The van der Waals surface area contributed by atoms with E-state index in [1.165, 1.54) is 5.56 Å². The van der Waals surface area contributed by atoms with E-state index in [1.54, 1.807) is 18.4 Å². The van der Waals surface area contributed by atoms with E-state index in [2.05, 4.69) is 21.7 Å². The zero-order valence-electron chi connectivity index (χ0n) is 14.3. The zero-order valence-corrected chi connectivity index (χ0v) is 15.2. The number of rotatable bonds is 6. The number of carbonyl (C=O) groups is 1. The number of methoxy groups -OCH3 is 1. The van der Waals surface area contributed by atoms with E-state index >= 15 is 0 Å². The Hall–Kier alpha value is -2.60. The number of hydrogen-bond donors (Lipinski definition) is 2. The van der Waals surface area contributed by atoms with Gasteiger partial charge in [-0.25, -0.2) is 9.78 Å². The van der Waals surface area contributed by atoms with Crippen molar-refractivity contribution in [2.75, 3.05) is 13.7 Å². The van der Waals surface area contributed by atoms with Crippen LogP contribution in [0.3, 0.4) is 0 Å². The molecule has 6 heteroatoms. The molecule has 0 saturated carbocycles. The van der Waals surface area contributed by atoms with Gasteiger partial charge in [0.2, 0.25) is 0 Å². The summed E-state index contributed by atoms with van der Waals surface area (Å²) in [6, 6.07) is 13.8. The van der Waals surface area contributed by atoms with Crippen LogP contribution in [0, 0.1) is 6.92 Å². The van der Waals surface area contributed by atoms with Gasteiger partial charge in [0.15, 0.2) is 0 Å². The number of ether oxygens (including phenoxy) is 1. The van der Waals surface area contributed by atoms with Gasteiger partial charge in [-0.05, 0) is 37.1 Å². The first-order valence-corrected chi connectivity index (χ1v) is 8.97. The van der Waals surface area contributed by atoms with Gasteiger partial charge in [-0.3, -0.25) is 0 Å². The van der Waals surface area contributed by atoms with Crippen LogP contribution in [-0.4, -0.2) is 24.7 Å². The molecule has 130 valence electrons. The Bertz CT molecular complexity index is 843. The average Bonchev–Trinajstić information content (AvgIpc) is 3.03. The molecule has 0 saturated heterocycles. The van der Waals surface area contributed by atoms with Gasteiger partial charge in [0.05, 0.1) is 23.9 Å². The molecule has 5 nitrogen and oxygen atoms in total. The lowest BCUT2D eigenvalue weighted by Gasteiger charge is -2.10. The van der Waals surface area contributed by atoms with E-state index in [0.717, 1.165) is 33.0 Å². The fraction of sp³-hybridized carbons (Fsp3) is 0.263. The Morgan fingerprint density at radius 2 is 2.04 bits per heavy atom. The van der Waals surface area contributed by atoms with Crippen LogP contribution in [0.1, 0.15) is 16.1 Å². The Balaban J connectivity index is 1.47. The van der Waals surface area contributed by atoms with E-state index in [0.29, 0.717) is 13.1 Å². The average molecular weight is 355 g/mol. The molecule has 0 fully saturated rings. The molecule has 1 aromatic heterocycles. The van der Waals surface area contributed by atoms with Gasteiger partial charge in [0.25, 0.3) is 0 Å². The molecule has 2 N–H and O–H groups in total. The van der Waals surface area contributed by atoms with Crippen LogP contribution in [0.2, 0.25) is 0 Å². The van der Waals surface area contributed by atoms with Crippen LogP contribution >= 0.6 is 11.3 Å². The van der Waals surface area contributed by atoms with Gasteiger partial charge in [-0.2, -0.15) is 0 Å². The summed E-state index contributed by atoms with van der Waals surface area (Å²) < 4.78 is 6.49. The minimum absolute atomic E-state index is 0.189. The van der Waals surface area contributed by atoms with Crippen molar-refractivity contribution in [1.82, 2.24) is 15.6 Å². The lowest BCUT2D eigenvalue weighted by Crippen LogP contribution is -2.36. The highest BCUT2D eigenvalue weighted by Crippen LogP contribution is 2.21. The standard InChI is InChI=1S/C19H21N3O2S/c1-13-7-8-16(24-2)14(11-13)9-10-20-19(23)21-12-18-22-15-5-3-4-6-17(15)25-18/h3-8,11H,9-10,12H2,1-2H3,(H2,20,21,23). The van der Waals surface area contributed by atoms with Gasteiger partial charge in [-0.15, -0.1) is 11.3 Å². The maximum absolute atomic E-state index is 12.0. The number of nitrogens with one attached hydrogen (secondary N) is 2. The largest absolute Gasteiger partial charge is 0.496 e. The smallest absolute Gasteiger partial charge is 0.315 e. The highest BCUT2D eigenvalue weighted by molar-refractivity contribution is 7.18. The maximum atomic E-state index is 12.0. The first kappa shape index (κ1) is 17.2. The third-order valence-corrected chi connectivity index (χ3v) is 4.89. The highest BCUT2D eigenvalue weighted by atomic mass is 32.1. The molecule has 0 bridgehead atoms. The molecule has 0 aliphatic rings. The van der Waals surface area contributed by atoms with E-state index < -0.39 is 0 Å². The van der Waals surface area contributed by atoms with E-state index in [1.807, 2.05) is 43.3 Å². The molecule has 0 aliphatic carbocycles. The van der Waals surface area contributed by atoms with Crippen molar-refractivity contribution in [2.45, 2.75) is 19.9 Å². The molecule has 0 radical (unpaired) electrons. The fourth-order valence-electron chi connectivity index (χ4n) is 2.63. The number of nitrogens with zero attached hydrogens (tertiary/aromatic N) is 1.